The van der Waals surface area contributed by atoms with Crippen molar-refractivity contribution in [2.24, 2.45) is 5.73 Å². The van der Waals surface area contributed by atoms with Crippen LogP contribution in [0.4, 0.5) is 5.69 Å². The number of hydrogen-bond acceptors (Lipinski definition) is 5. The van der Waals surface area contributed by atoms with Crippen LogP contribution in [0.2, 0.25) is 5.02 Å². The highest BCUT2D eigenvalue weighted by Gasteiger charge is 2.21. The Kier molecular flexibility index (Phi) is 4.17. The first-order valence-electron chi connectivity index (χ1n) is 5.56. The Morgan fingerprint density at radius 1 is 1.50 bits per heavy atom. The molecule has 1 aromatic heterocycles. The first kappa shape index (κ1) is 14.6. The van der Waals surface area contributed by atoms with Gasteiger partial charge in [-0.2, -0.15) is 13.5 Å². The van der Waals surface area contributed by atoms with Gasteiger partial charge in [-0.1, -0.05) is 11.6 Å². The number of benzene rings is 1. The van der Waals surface area contributed by atoms with E-state index in [4.69, 9.17) is 22.1 Å². The van der Waals surface area contributed by atoms with Crippen LogP contribution in [0.1, 0.15) is 5.56 Å². The van der Waals surface area contributed by atoms with Gasteiger partial charge in [0.1, 0.15) is 5.75 Å². The molecule has 0 aliphatic carbocycles. The lowest BCUT2D eigenvalue weighted by molar-refractivity contribution is 0.417. The van der Waals surface area contributed by atoms with Crippen molar-refractivity contribution in [3.63, 3.8) is 0 Å². The highest BCUT2D eigenvalue weighted by atomic mass is 35.5. The molecule has 0 atom stereocenters. The molecule has 20 heavy (non-hydrogen) atoms. The van der Waals surface area contributed by atoms with Crippen molar-refractivity contribution in [1.82, 2.24) is 10.2 Å². The van der Waals surface area contributed by atoms with Crippen LogP contribution in [0, 0.1) is 0 Å². The van der Waals surface area contributed by atoms with E-state index in [0.717, 1.165) is 0 Å². The normalized spacial score (nSPS) is 11.3. The Hall–Kier alpha value is -1.77. The molecule has 2 aromatic rings. The summed E-state index contributed by atoms with van der Waals surface area (Å²) < 4.78 is 32.0. The summed E-state index contributed by atoms with van der Waals surface area (Å²) in [5.74, 6) is 0.354. The lowest BCUT2D eigenvalue weighted by atomic mass is 10.3. The summed E-state index contributed by atoms with van der Waals surface area (Å²) in [6.45, 7) is 0.0550. The van der Waals surface area contributed by atoms with Gasteiger partial charge < -0.3 is 10.5 Å². The second-order valence-electron chi connectivity index (χ2n) is 3.88. The number of ether oxygens (including phenoxy) is 1. The smallest absolute Gasteiger partial charge is 0.279 e. The molecule has 0 aliphatic rings. The summed E-state index contributed by atoms with van der Waals surface area (Å²) in [4.78, 5) is 0. The first-order valence-corrected chi connectivity index (χ1v) is 7.42. The third-order valence-corrected chi connectivity index (χ3v) is 4.19. The minimum Gasteiger partial charge on any atom is -0.495 e. The number of nitrogens with one attached hydrogen (secondary N) is 2. The van der Waals surface area contributed by atoms with Crippen LogP contribution in [0.25, 0.3) is 0 Å². The third-order valence-electron chi connectivity index (χ3n) is 2.57. The maximum atomic E-state index is 12.3. The van der Waals surface area contributed by atoms with Gasteiger partial charge in [-0.25, -0.2) is 0 Å². The van der Waals surface area contributed by atoms with Gasteiger partial charge in [-0.05, 0) is 18.2 Å². The van der Waals surface area contributed by atoms with Crippen molar-refractivity contribution in [3.05, 3.63) is 35.0 Å². The molecule has 0 saturated carbocycles. The first-order chi connectivity index (χ1) is 9.47. The fourth-order valence-corrected chi connectivity index (χ4v) is 3.01. The third kappa shape index (κ3) is 2.87. The summed E-state index contributed by atoms with van der Waals surface area (Å²) in [6, 6.07) is 4.62. The van der Waals surface area contributed by atoms with Crippen molar-refractivity contribution < 1.29 is 13.2 Å². The molecule has 0 spiro atoms. The Balaban J connectivity index is 2.41. The fourth-order valence-electron chi connectivity index (χ4n) is 1.63. The molecule has 0 fully saturated rings. The summed E-state index contributed by atoms with van der Waals surface area (Å²) in [6.07, 6.45) is 1.36. The second-order valence-corrected chi connectivity index (χ2v) is 5.93. The number of anilines is 1. The highest BCUT2D eigenvalue weighted by Crippen LogP contribution is 2.29. The zero-order valence-corrected chi connectivity index (χ0v) is 12.1. The molecule has 0 radical (unpaired) electrons. The number of sulfonamides is 1. The van der Waals surface area contributed by atoms with E-state index in [1.165, 1.54) is 19.4 Å². The number of rotatable bonds is 5. The standard InChI is InChI=1S/C11H13ClN4O3S/c1-19-10-3-2-8(12)4-9(10)16-20(17,18)11-7(5-13)6-14-15-11/h2-4,6,16H,5,13H2,1H3,(H,14,15). The Morgan fingerprint density at radius 3 is 2.90 bits per heavy atom. The molecule has 7 nitrogen and oxygen atoms in total. The largest absolute Gasteiger partial charge is 0.495 e. The van der Waals surface area contributed by atoms with E-state index in [9.17, 15) is 8.42 Å². The number of nitrogens with zero attached hydrogens (tertiary/aromatic N) is 1. The van der Waals surface area contributed by atoms with Crippen molar-refractivity contribution in [3.8, 4) is 5.75 Å². The lowest BCUT2D eigenvalue weighted by Crippen LogP contribution is -2.16. The summed E-state index contributed by atoms with van der Waals surface area (Å²) >= 11 is 5.86. The van der Waals surface area contributed by atoms with Crippen LogP contribution in [-0.4, -0.2) is 25.7 Å². The van der Waals surface area contributed by atoms with Gasteiger partial charge in [0.2, 0.25) is 0 Å². The van der Waals surface area contributed by atoms with Crippen LogP contribution in [-0.2, 0) is 16.6 Å². The Labute approximate surface area is 121 Å². The molecular weight excluding hydrogens is 304 g/mol. The van der Waals surface area contributed by atoms with Gasteiger partial charge in [0, 0.05) is 17.1 Å². The lowest BCUT2D eigenvalue weighted by Gasteiger charge is -2.11. The minimum absolute atomic E-state index is 0.0550. The van der Waals surface area contributed by atoms with Crippen molar-refractivity contribution in [2.75, 3.05) is 11.8 Å². The van der Waals surface area contributed by atoms with E-state index in [0.29, 0.717) is 16.3 Å². The van der Waals surface area contributed by atoms with E-state index >= 15 is 0 Å². The zero-order valence-electron chi connectivity index (χ0n) is 10.6. The molecule has 4 N–H and O–H groups in total. The number of methoxy groups -OCH3 is 1. The summed E-state index contributed by atoms with van der Waals surface area (Å²) in [5, 5.41) is 6.39. The van der Waals surface area contributed by atoms with Crippen LogP contribution in [0.3, 0.4) is 0 Å². The number of halogens is 1. The quantitative estimate of drug-likeness (QED) is 0.770. The van der Waals surface area contributed by atoms with Gasteiger partial charge in [0.05, 0.1) is 19.0 Å². The highest BCUT2D eigenvalue weighted by molar-refractivity contribution is 7.92. The predicted molar refractivity (Wildman–Crippen MR) is 75.3 cm³/mol. The number of nitrogens with two attached hydrogens (primary N) is 1. The molecular formula is C11H13ClN4O3S. The van der Waals surface area contributed by atoms with Crippen LogP contribution < -0.4 is 15.2 Å². The average Bonchev–Trinajstić information content (AvgIpc) is 2.87. The topological polar surface area (TPSA) is 110 Å². The number of aromatic nitrogens is 2. The molecule has 108 valence electrons. The van der Waals surface area contributed by atoms with Gasteiger partial charge in [-0.15, -0.1) is 0 Å². The molecule has 2 rings (SSSR count). The van der Waals surface area contributed by atoms with Crippen molar-refractivity contribution >= 4 is 27.3 Å². The molecule has 1 heterocycles. The number of hydrogen-bond donors (Lipinski definition) is 3. The SMILES string of the molecule is COc1ccc(Cl)cc1NS(=O)(=O)c1[nH]ncc1CN. The van der Waals surface area contributed by atoms with E-state index in [-0.39, 0.29) is 17.3 Å². The average molecular weight is 317 g/mol. The molecule has 0 unspecified atom stereocenters. The van der Waals surface area contributed by atoms with Crippen LogP contribution in [0.5, 0.6) is 5.75 Å². The van der Waals surface area contributed by atoms with Crippen molar-refractivity contribution in [2.45, 2.75) is 11.6 Å². The van der Waals surface area contributed by atoms with E-state index < -0.39 is 10.0 Å². The van der Waals surface area contributed by atoms with Gasteiger partial charge in [0.25, 0.3) is 10.0 Å². The van der Waals surface area contributed by atoms with Crippen LogP contribution >= 0.6 is 11.6 Å². The summed E-state index contributed by atoms with van der Waals surface area (Å²) in [5.41, 5.74) is 6.09. The van der Waals surface area contributed by atoms with Gasteiger partial charge >= 0.3 is 0 Å². The number of H-pyrrole nitrogens is 1. The summed E-state index contributed by atoms with van der Waals surface area (Å²) in [7, 11) is -2.42. The molecule has 0 amide bonds. The Morgan fingerprint density at radius 2 is 2.25 bits per heavy atom. The van der Waals surface area contributed by atoms with Gasteiger partial charge in [0.15, 0.2) is 5.03 Å². The van der Waals surface area contributed by atoms with Gasteiger partial charge in [-0.3, -0.25) is 9.82 Å². The zero-order chi connectivity index (χ0) is 14.8. The maximum absolute atomic E-state index is 12.3. The van der Waals surface area contributed by atoms with Crippen LogP contribution in [0.15, 0.2) is 29.4 Å². The molecule has 1 aromatic carbocycles. The number of aromatic amines is 1. The fraction of sp³-hybridized carbons (Fsp3) is 0.182. The molecule has 0 aliphatic heterocycles. The van der Waals surface area contributed by atoms with E-state index in [2.05, 4.69) is 14.9 Å². The van der Waals surface area contributed by atoms with E-state index in [1.807, 2.05) is 0 Å². The molecule has 0 saturated heterocycles. The molecule has 9 heteroatoms. The monoisotopic (exact) mass is 316 g/mol. The second kappa shape index (κ2) is 5.70. The molecule has 0 bridgehead atoms. The Bertz CT molecular complexity index is 714. The predicted octanol–water partition coefficient (Wildman–Crippen LogP) is 1.33. The van der Waals surface area contributed by atoms with E-state index in [1.54, 1.807) is 12.1 Å². The maximum Gasteiger partial charge on any atom is 0.279 e. The minimum atomic E-state index is -3.85. The van der Waals surface area contributed by atoms with Crippen molar-refractivity contribution in [1.29, 1.82) is 0 Å².